The van der Waals surface area contributed by atoms with Crippen molar-refractivity contribution in [1.82, 2.24) is 0 Å². The van der Waals surface area contributed by atoms with Gasteiger partial charge in [-0.15, -0.1) is 0 Å². The number of rotatable bonds is 1. The lowest BCUT2D eigenvalue weighted by molar-refractivity contribution is -0.145. The molecule has 0 fully saturated rings. The molecule has 2 nitrogen and oxygen atoms in total. The molecule has 18 heavy (non-hydrogen) atoms. The van der Waals surface area contributed by atoms with Crippen molar-refractivity contribution in [2.75, 3.05) is 7.11 Å². The van der Waals surface area contributed by atoms with Crippen molar-refractivity contribution in [3.05, 3.63) is 40.5 Å². The van der Waals surface area contributed by atoms with Crippen LogP contribution >= 0.6 is 0 Å². The number of methoxy groups -OCH3 is 1. The van der Waals surface area contributed by atoms with Gasteiger partial charge in [0.1, 0.15) is 0 Å². The first-order valence-corrected chi connectivity index (χ1v) is 6.67. The maximum absolute atomic E-state index is 11.6. The number of hydrogen-bond donors (Lipinski definition) is 0. The monoisotopic (exact) mass is 242 g/mol. The van der Waals surface area contributed by atoms with Gasteiger partial charge in [-0.1, -0.05) is 24.3 Å². The number of esters is 1. The Bertz CT molecular complexity index is 514. The van der Waals surface area contributed by atoms with E-state index >= 15 is 0 Å². The third-order valence-electron chi connectivity index (χ3n) is 4.17. The molecule has 0 radical (unpaired) electrons. The van der Waals surface area contributed by atoms with E-state index in [9.17, 15) is 4.79 Å². The lowest BCUT2D eigenvalue weighted by atomic mass is 9.78. The molecule has 0 bridgehead atoms. The van der Waals surface area contributed by atoms with Gasteiger partial charge in [-0.25, -0.2) is 0 Å². The van der Waals surface area contributed by atoms with Gasteiger partial charge < -0.3 is 4.74 Å². The van der Waals surface area contributed by atoms with Crippen LogP contribution in [0.2, 0.25) is 0 Å². The van der Waals surface area contributed by atoms with Crippen molar-refractivity contribution in [2.24, 2.45) is 5.92 Å². The second-order valence-electron chi connectivity index (χ2n) is 5.17. The fraction of sp³-hybridized carbons (Fsp3) is 0.438. The Morgan fingerprint density at radius 3 is 3.00 bits per heavy atom. The van der Waals surface area contributed by atoms with Crippen LogP contribution in [-0.4, -0.2) is 13.1 Å². The van der Waals surface area contributed by atoms with Crippen molar-refractivity contribution >= 4 is 12.0 Å². The van der Waals surface area contributed by atoms with E-state index in [2.05, 4.69) is 24.3 Å². The van der Waals surface area contributed by atoms with E-state index in [-0.39, 0.29) is 11.9 Å². The van der Waals surface area contributed by atoms with Gasteiger partial charge in [-0.3, -0.25) is 4.79 Å². The first-order chi connectivity index (χ1) is 8.79. The predicted octanol–water partition coefficient (Wildman–Crippen LogP) is 2.92. The van der Waals surface area contributed by atoms with Crippen LogP contribution in [0, 0.1) is 5.92 Å². The van der Waals surface area contributed by atoms with E-state index < -0.39 is 0 Å². The number of ether oxygens (including phenoxy) is 1. The molecule has 2 aliphatic rings. The van der Waals surface area contributed by atoms with Gasteiger partial charge in [-0.2, -0.15) is 0 Å². The highest BCUT2D eigenvalue weighted by atomic mass is 16.5. The molecule has 3 rings (SSSR count). The van der Waals surface area contributed by atoms with Crippen molar-refractivity contribution in [1.29, 1.82) is 0 Å². The summed E-state index contributed by atoms with van der Waals surface area (Å²) in [4.78, 5) is 11.6. The maximum Gasteiger partial charge on any atom is 0.309 e. The standard InChI is InChI=1S/C16H18O2/c1-18-16(17)13-8-9-15-12(10-13)7-6-11-4-2-3-5-14(11)15/h2,4,6-7,13H,3,5,8-10H2,1H3. The Morgan fingerprint density at radius 2 is 2.17 bits per heavy atom. The molecular weight excluding hydrogens is 224 g/mol. The van der Waals surface area contributed by atoms with Crippen LogP contribution in [0.4, 0.5) is 0 Å². The summed E-state index contributed by atoms with van der Waals surface area (Å²) in [5.41, 5.74) is 5.73. The minimum Gasteiger partial charge on any atom is -0.469 e. The molecule has 1 aromatic rings. The zero-order chi connectivity index (χ0) is 12.5. The molecule has 1 aromatic carbocycles. The fourth-order valence-corrected chi connectivity index (χ4v) is 3.21. The van der Waals surface area contributed by atoms with E-state index in [1.807, 2.05) is 0 Å². The van der Waals surface area contributed by atoms with Gasteiger partial charge in [0, 0.05) is 0 Å². The van der Waals surface area contributed by atoms with Crippen LogP contribution in [-0.2, 0) is 28.8 Å². The van der Waals surface area contributed by atoms with Crippen LogP contribution < -0.4 is 0 Å². The molecule has 2 aliphatic carbocycles. The van der Waals surface area contributed by atoms with Gasteiger partial charge in [0.15, 0.2) is 0 Å². The van der Waals surface area contributed by atoms with Gasteiger partial charge in [0.25, 0.3) is 0 Å². The lowest BCUT2D eigenvalue weighted by Gasteiger charge is -2.27. The summed E-state index contributed by atoms with van der Waals surface area (Å²) in [6.45, 7) is 0. The Balaban J connectivity index is 1.94. The largest absolute Gasteiger partial charge is 0.469 e. The predicted molar refractivity (Wildman–Crippen MR) is 71.3 cm³/mol. The fourth-order valence-electron chi connectivity index (χ4n) is 3.21. The first-order valence-electron chi connectivity index (χ1n) is 6.67. The van der Waals surface area contributed by atoms with Gasteiger partial charge >= 0.3 is 5.97 Å². The van der Waals surface area contributed by atoms with Crippen LogP contribution in [0.15, 0.2) is 18.2 Å². The van der Waals surface area contributed by atoms with Crippen LogP contribution in [0.1, 0.15) is 35.1 Å². The highest BCUT2D eigenvalue weighted by Gasteiger charge is 2.27. The molecule has 0 amide bonds. The quantitative estimate of drug-likeness (QED) is 0.708. The van der Waals surface area contributed by atoms with Crippen LogP contribution in [0.25, 0.3) is 6.08 Å². The van der Waals surface area contributed by atoms with E-state index in [4.69, 9.17) is 4.74 Å². The Kier molecular flexibility index (Phi) is 2.94. The Labute approximate surface area is 108 Å². The van der Waals surface area contributed by atoms with Crippen molar-refractivity contribution in [3.63, 3.8) is 0 Å². The van der Waals surface area contributed by atoms with E-state index in [1.165, 1.54) is 29.4 Å². The average Bonchev–Trinajstić information content (AvgIpc) is 2.45. The summed E-state index contributed by atoms with van der Waals surface area (Å²) in [5.74, 6) is -0.00190. The SMILES string of the molecule is COC(=O)C1CCc2c(ccc3c2CCC=C3)C1. The summed E-state index contributed by atoms with van der Waals surface area (Å²) in [6.07, 6.45) is 9.56. The second-order valence-corrected chi connectivity index (χ2v) is 5.17. The molecule has 0 aromatic heterocycles. The Morgan fingerprint density at radius 1 is 1.28 bits per heavy atom. The molecule has 0 saturated heterocycles. The molecule has 2 heteroatoms. The number of allylic oxidation sites excluding steroid dienone is 1. The second kappa shape index (κ2) is 4.60. The zero-order valence-electron chi connectivity index (χ0n) is 10.7. The third kappa shape index (κ3) is 1.86. The summed E-state index contributed by atoms with van der Waals surface area (Å²) in [6, 6.07) is 4.39. The molecule has 94 valence electrons. The normalized spacial score (nSPS) is 21.1. The minimum atomic E-state index is -0.0572. The first kappa shape index (κ1) is 11.5. The number of benzene rings is 1. The lowest BCUT2D eigenvalue weighted by Crippen LogP contribution is -2.24. The minimum absolute atomic E-state index is 0.0553. The summed E-state index contributed by atoms with van der Waals surface area (Å²) < 4.78 is 4.87. The van der Waals surface area contributed by atoms with Crippen LogP contribution in [0.5, 0.6) is 0 Å². The molecule has 1 unspecified atom stereocenters. The number of carbonyl (C=O) groups is 1. The summed E-state index contributed by atoms with van der Waals surface area (Å²) in [5, 5.41) is 0. The summed E-state index contributed by atoms with van der Waals surface area (Å²) >= 11 is 0. The van der Waals surface area contributed by atoms with Gasteiger partial charge in [0.2, 0.25) is 0 Å². The maximum atomic E-state index is 11.6. The van der Waals surface area contributed by atoms with Crippen LogP contribution in [0.3, 0.4) is 0 Å². The molecule has 1 atom stereocenters. The highest BCUT2D eigenvalue weighted by Crippen LogP contribution is 2.33. The molecule has 0 aliphatic heterocycles. The zero-order valence-corrected chi connectivity index (χ0v) is 10.7. The van der Waals surface area contributed by atoms with E-state index in [0.717, 1.165) is 32.1 Å². The molecule has 0 N–H and O–H groups in total. The van der Waals surface area contributed by atoms with Gasteiger partial charge in [-0.05, 0) is 54.4 Å². The average molecular weight is 242 g/mol. The van der Waals surface area contributed by atoms with E-state index in [1.54, 1.807) is 0 Å². The van der Waals surface area contributed by atoms with Crippen molar-refractivity contribution in [3.8, 4) is 0 Å². The summed E-state index contributed by atoms with van der Waals surface area (Å²) in [7, 11) is 1.48. The number of fused-ring (bicyclic) bond motifs is 3. The molecular formula is C16H18O2. The molecule has 0 saturated carbocycles. The number of carbonyl (C=O) groups excluding carboxylic acids is 1. The van der Waals surface area contributed by atoms with Crippen molar-refractivity contribution in [2.45, 2.75) is 32.1 Å². The van der Waals surface area contributed by atoms with Gasteiger partial charge in [0.05, 0.1) is 13.0 Å². The third-order valence-corrected chi connectivity index (χ3v) is 4.17. The highest BCUT2D eigenvalue weighted by molar-refractivity contribution is 5.73. The molecule has 0 spiro atoms. The topological polar surface area (TPSA) is 26.3 Å². The smallest absolute Gasteiger partial charge is 0.309 e. The van der Waals surface area contributed by atoms with Crippen molar-refractivity contribution < 1.29 is 9.53 Å². The number of hydrogen-bond acceptors (Lipinski definition) is 2. The molecule has 0 heterocycles. The Hall–Kier alpha value is -1.57. The van der Waals surface area contributed by atoms with E-state index in [0.29, 0.717) is 0 Å².